The molecule has 0 saturated carbocycles. The summed E-state index contributed by atoms with van der Waals surface area (Å²) in [7, 11) is 1.64. The summed E-state index contributed by atoms with van der Waals surface area (Å²) in [6.45, 7) is 6.31. The number of para-hydroxylation sites is 1. The van der Waals surface area contributed by atoms with Crippen LogP contribution in [0.15, 0.2) is 24.3 Å². The zero-order valence-electron chi connectivity index (χ0n) is 16.8. The first kappa shape index (κ1) is 22.8. The number of hydrogen-bond acceptors (Lipinski definition) is 5. The monoisotopic (exact) mass is 512 g/mol. The fourth-order valence-electron chi connectivity index (χ4n) is 2.53. The molecule has 1 heterocycles. The van der Waals surface area contributed by atoms with E-state index in [0.29, 0.717) is 18.9 Å². The quantitative estimate of drug-likeness (QED) is 0.262. The molecule has 5 nitrogen and oxygen atoms in total. The molecular weight excluding hydrogens is 487 g/mol. The summed E-state index contributed by atoms with van der Waals surface area (Å²) in [4.78, 5) is 17.4. The van der Waals surface area contributed by atoms with Crippen molar-refractivity contribution in [1.29, 1.82) is 0 Å². The lowest BCUT2D eigenvalue weighted by molar-refractivity contribution is -0.125. The predicted octanol–water partition coefficient (Wildman–Crippen LogP) is 4.15. The number of nitrogens with one attached hydrogen (secondary N) is 1. The SMILES string of the molecule is COCCC#CC(C)(C)NC(=O)C(Oc1nc2c(C)cccc2cc1I)SC. The number of nitrogens with zero attached hydrogens (tertiary/aromatic N) is 1. The Morgan fingerprint density at radius 2 is 2.18 bits per heavy atom. The fourth-order valence-corrected chi connectivity index (χ4v) is 3.58. The Morgan fingerprint density at radius 3 is 2.86 bits per heavy atom. The Labute approximate surface area is 184 Å². The van der Waals surface area contributed by atoms with E-state index in [4.69, 9.17) is 9.47 Å². The summed E-state index contributed by atoms with van der Waals surface area (Å²) >= 11 is 3.50. The molecule has 0 spiro atoms. The van der Waals surface area contributed by atoms with Crippen LogP contribution in [0.1, 0.15) is 25.8 Å². The maximum Gasteiger partial charge on any atom is 0.272 e. The average molecular weight is 512 g/mol. The molecule has 1 aromatic heterocycles. The van der Waals surface area contributed by atoms with Gasteiger partial charge in [0.15, 0.2) is 0 Å². The van der Waals surface area contributed by atoms with Gasteiger partial charge < -0.3 is 14.8 Å². The third-order valence-corrected chi connectivity index (χ3v) is 5.39. The van der Waals surface area contributed by atoms with E-state index in [9.17, 15) is 4.79 Å². The number of aromatic nitrogens is 1. The molecule has 0 bridgehead atoms. The molecule has 1 aromatic carbocycles. The van der Waals surface area contributed by atoms with Crippen molar-refractivity contribution in [1.82, 2.24) is 10.3 Å². The molecule has 2 rings (SSSR count). The number of thioether (sulfide) groups is 1. The number of rotatable bonds is 7. The van der Waals surface area contributed by atoms with E-state index >= 15 is 0 Å². The molecule has 1 N–H and O–H groups in total. The first-order chi connectivity index (χ1) is 13.3. The zero-order chi connectivity index (χ0) is 20.7. The summed E-state index contributed by atoms with van der Waals surface area (Å²) in [5, 5.41) is 3.99. The van der Waals surface area contributed by atoms with E-state index in [0.717, 1.165) is 20.0 Å². The Kier molecular flexibility index (Phi) is 8.40. The lowest BCUT2D eigenvalue weighted by Crippen LogP contribution is -2.47. The summed E-state index contributed by atoms with van der Waals surface area (Å²) in [6.07, 6.45) is 2.46. The molecule has 0 radical (unpaired) electrons. The Balaban J connectivity index is 2.16. The van der Waals surface area contributed by atoms with Gasteiger partial charge in [-0.3, -0.25) is 4.79 Å². The summed E-state index contributed by atoms with van der Waals surface area (Å²) in [5.74, 6) is 6.31. The van der Waals surface area contributed by atoms with Gasteiger partial charge in [-0.05, 0) is 61.2 Å². The van der Waals surface area contributed by atoms with Crippen LogP contribution in [0.4, 0.5) is 0 Å². The van der Waals surface area contributed by atoms with E-state index in [1.54, 1.807) is 7.11 Å². The maximum atomic E-state index is 12.7. The van der Waals surface area contributed by atoms with Gasteiger partial charge in [-0.15, -0.1) is 11.8 Å². The van der Waals surface area contributed by atoms with Gasteiger partial charge in [-0.25, -0.2) is 4.98 Å². The summed E-state index contributed by atoms with van der Waals surface area (Å²) in [5.41, 5.74) is 0.560. The average Bonchev–Trinajstić information content (AvgIpc) is 2.63. The predicted molar refractivity (Wildman–Crippen MR) is 124 cm³/mol. The van der Waals surface area contributed by atoms with Gasteiger partial charge >= 0.3 is 0 Å². The number of methoxy groups -OCH3 is 1. The topological polar surface area (TPSA) is 60.5 Å². The minimum absolute atomic E-state index is 0.235. The summed E-state index contributed by atoms with van der Waals surface area (Å²) < 4.78 is 11.8. The highest BCUT2D eigenvalue weighted by atomic mass is 127. The van der Waals surface area contributed by atoms with Gasteiger partial charge in [-0.2, -0.15) is 0 Å². The molecule has 1 unspecified atom stereocenters. The number of pyridine rings is 1. The van der Waals surface area contributed by atoms with Crippen LogP contribution in [-0.4, -0.2) is 41.8 Å². The van der Waals surface area contributed by atoms with Crippen molar-refractivity contribution >= 4 is 51.2 Å². The molecule has 28 heavy (non-hydrogen) atoms. The van der Waals surface area contributed by atoms with E-state index in [2.05, 4.69) is 44.7 Å². The molecule has 1 atom stereocenters. The molecule has 0 aliphatic rings. The highest BCUT2D eigenvalue weighted by Crippen LogP contribution is 2.27. The second kappa shape index (κ2) is 10.3. The van der Waals surface area contributed by atoms with Crippen LogP contribution in [0.3, 0.4) is 0 Å². The van der Waals surface area contributed by atoms with E-state index in [-0.39, 0.29) is 5.91 Å². The number of halogens is 1. The van der Waals surface area contributed by atoms with Crippen LogP contribution < -0.4 is 10.1 Å². The lowest BCUT2D eigenvalue weighted by atomic mass is 10.1. The molecule has 0 fully saturated rings. The van der Waals surface area contributed by atoms with Gasteiger partial charge in [0, 0.05) is 18.9 Å². The minimum Gasteiger partial charge on any atom is -0.452 e. The van der Waals surface area contributed by atoms with Crippen molar-refractivity contribution in [3.63, 3.8) is 0 Å². The molecule has 150 valence electrons. The number of carbonyl (C=O) groups is 1. The van der Waals surface area contributed by atoms with Crippen molar-refractivity contribution in [3.05, 3.63) is 33.4 Å². The number of carbonyl (C=O) groups excluding carboxylic acids is 1. The normalized spacial score (nSPS) is 12.2. The highest BCUT2D eigenvalue weighted by molar-refractivity contribution is 14.1. The molecule has 7 heteroatoms. The van der Waals surface area contributed by atoms with Crippen LogP contribution in [-0.2, 0) is 9.53 Å². The molecule has 0 aliphatic heterocycles. The first-order valence-corrected chi connectivity index (χ1v) is 11.2. The second-order valence-electron chi connectivity index (χ2n) is 6.77. The highest BCUT2D eigenvalue weighted by Gasteiger charge is 2.26. The Bertz CT molecular complexity index is 906. The van der Waals surface area contributed by atoms with E-state index in [1.165, 1.54) is 11.8 Å². The number of benzene rings is 1. The van der Waals surface area contributed by atoms with E-state index in [1.807, 2.05) is 51.3 Å². The third kappa shape index (κ3) is 6.26. The van der Waals surface area contributed by atoms with Crippen LogP contribution in [0.2, 0.25) is 0 Å². The van der Waals surface area contributed by atoms with Gasteiger partial charge in [0.25, 0.3) is 5.91 Å². The molecule has 2 aromatic rings. The number of hydrogen-bond donors (Lipinski definition) is 1. The molecular formula is C21H25IN2O3S. The smallest absolute Gasteiger partial charge is 0.272 e. The standard InChI is InChI=1S/C21H25IN2O3S/c1-14-9-8-10-15-13-16(22)19(23-17(14)15)27-20(28-5)18(25)24-21(2,3)11-6-7-12-26-4/h8-10,13,20H,7,12H2,1-5H3,(H,24,25). The number of aryl methyl sites for hydroxylation is 1. The van der Waals surface area contributed by atoms with Gasteiger partial charge in [0.05, 0.1) is 21.2 Å². The van der Waals surface area contributed by atoms with Crippen molar-refractivity contribution in [2.45, 2.75) is 38.2 Å². The van der Waals surface area contributed by atoms with Crippen LogP contribution in [0.25, 0.3) is 10.9 Å². The maximum absolute atomic E-state index is 12.7. The van der Waals surface area contributed by atoms with Gasteiger partial charge in [0.1, 0.15) is 0 Å². The molecule has 0 aliphatic carbocycles. The van der Waals surface area contributed by atoms with Crippen LogP contribution in [0, 0.1) is 22.3 Å². The first-order valence-electron chi connectivity index (χ1n) is 8.83. The van der Waals surface area contributed by atoms with Crippen molar-refractivity contribution < 1.29 is 14.3 Å². The zero-order valence-corrected chi connectivity index (χ0v) is 19.7. The minimum atomic E-state index is -0.720. The second-order valence-corrected chi connectivity index (χ2v) is 8.83. The fraction of sp³-hybridized carbons (Fsp3) is 0.429. The lowest BCUT2D eigenvalue weighted by Gasteiger charge is -2.24. The number of amides is 1. The Hall–Kier alpha value is -1.50. The third-order valence-electron chi connectivity index (χ3n) is 3.88. The van der Waals surface area contributed by atoms with Crippen LogP contribution in [0.5, 0.6) is 5.88 Å². The molecule has 1 amide bonds. The number of ether oxygens (including phenoxy) is 2. The summed E-state index contributed by atoms with van der Waals surface area (Å²) in [6, 6.07) is 8.05. The molecule has 0 saturated heterocycles. The Morgan fingerprint density at radius 1 is 1.43 bits per heavy atom. The van der Waals surface area contributed by atoms with Crippen molar-refractivity contribution in [2.24, 2.45) is 0 Å². The van der Waals surface area contributed by atoms with Gasteiger partial charge in [0.2, 0.25) is 11.3 Å². The van der Waals surface area contributed by atoms with E-state index < -0.39 is 11.0 Å². The largest absolute Gasteiger partial charge is 0.452 e. The van der Waals surface area contributed by atoms with Crippen molar-refractivity contribution in [3.8, 4) is 17.7 Å². The number of fused-ring (bicyclic) bond motifs is 1. The van der Waals surface area contributed by atoms with Crippen molar-refractivity contribution in [2.75, 3.05) is 20.0 Å². The van der Waals surface area contributed by atoms with Gasteiger partial charge in [-0.1, -0.05) is 30.0 Å². The van der Waals surface area contributed by atoms with Crippen LogP contribution >= 0.6 is 34.4 Å².